The summed E-state index contributed by atoms with van der Waals surface area (Å²) >= 11 is 12.0. The van der Waals surface area contributed by atoms with Gasteiger partial charge in [-0.15, -0.1) is 0 Å². The average molecular weight is 551 g/mol. The molecule has 0 saturated heterocycles. The summed E-state index contributed by atoms with van der Waals surface area (Å²) in [7, 11) is 0. The molecule has 12 heteroatoms. The van der Waals surface area contributed by atoms with Gasteiger partial charge in [-0.05, 0) is 62.1 Å². The standard InChI is InChI=1S/C25H28Cl2N4O6/c26-18-7-8-20(31(35)36)22(27)21(18)24(32)30-19(25(33)34)9-11-37-17-12-14(13-17)3-5-16-6-4-15-2-1-10-28-23(15)29-16/h4,6-8,14,17,19H,1-3,5,9-13H2,(H,28,29)(H,30,32)(H,33,34). The molecule has 2 aromatic rings. The van der Waals surface area contributed by atoms with Crippen molar-refractivity contribution in [2.75, 3.05) is 18.5 Å². The minimum atomic E-state index is -1.27. The van der Waals surface area contributed by atoms with E-state index in [9.17, 15) is 24.8 Å². The van der Waals surface area contributed by atoms with Gasteiger partial charge >= 0.3 is 5.97 Å². The number of carboxylic acids is 1. The number of carbonyl (C=O) groups is 2. The number of fused-ring (bicyclic) bond motifs is 1. The van der Waals surface area contributed by atoms with Crippen LogP contribution in [-0.2, 0) is 22.4 Å². The predicted molar refractivity (Wildman–Crippen MR) is 138 cm³/mol. The zero-order chi connectivity index (χ0) is 26.5. The Bertz CT molecular complexity index is 1190. The van der Waals surface area contributed by atoms with Gasteiger partial charge in [0.1, 0.15) is 16.9 Å². The molecule has 2 aliphatic rings. The number of carbonyl (C=O) groups excluding carboxylic acids is 1. The number of hydrogen-bond donors (Lipinski definition) is 3. The molecule has 4 rings (SSSR count). The summed E-state index contributed by atoms with van der Waals surface area (Å²) in [4.78, 5) is 39.4. The Morgan fingerprint density at radius 2 is 2.05 bits per heavy atom. The van der Waals surface area contributed by atoms with E-state index < -0.39 is 33.6 Å². The van der Waals surface area contributed by atoms with E-state index in [1.54, 1.807) is 0 Å². The minimum absolute atomic E-state index is 0.0262. The monoisotopic (exact) mass is 550 g/mol. The summed E-state index contributed by atoms with van der Waals surface area (Å²) < 4.78 is 5.82. The van der Waals surface area contributed by atoms with Gasteiger partial charge in [-0.2, -0.15) is 0 Å². The summed E-state index contributed by atoms with van der Waals surface area (Å²) in [6.45, 7) is 1.11. The highest BCUT2D eigenvalue weighted by Crippen LogP contribution is 2.35. The number of amides is 1. The van der Waals surface area contributed by atoms with Gasteiger partial charge in [0.05, 0.1) is 21.6 Å². The number of nitrogens with zero attached hydrogens (tertiary/aromatic N) is 2. The van der Waals surface area contributed by atoms with Crippen LogP contribution in [0.5, 0.6) is 0 Å². The Morgan fingerprint density at radius 1 is 1.27 bits per heavy atom. The Balaban J connectivity index is 1.20. The van der Waals surface area contributed by atoms with E-state index in [1.165, 1.54) is 11.6 Å². The molecule has 2 heterocycles. The molecule has 1 aromatic heterocycles. The topological polar surface area (TPSA) is 144 Å². The van der Waals surface area contributed by atoms with Crippen molar-refractivity contribution in [1.29, 1.82) is 0 Å². The minimum Gasteiger partial charge on any atom is -0.480 e. The zero-order valence-corrected chi connectivity index (χ0v) is 21.6. The number of anilines is 1. The van der Waals surface area contributed by atoms with Gasteiger partial charge in [-0.25, -0.2) is 9.78 Å². The molecule has 1 atom stereocenters. The smallest absolute Gasteiger partial charge is 0.326 e. The van der Waals surface area contributed by atoms with Gasteiger partial charge in [0.15, 0.2) is 0 Å². The fourth-order valence-electron chi connectivity index (χ4n) is 4.64. The molecule has 0 spiro atoms. The highest BCUT2D eigenvalue weighted by molar-refractivity contribution is 6.41. The number of nitro benzene ring substituents is 1. The SMILES string of the molecule is O=C(NC(CCOC1CC(CCc2ccc3c(n2)NCCC3)C1)C(=O)O)c1c(Cl)ccc([N+](=O)[O-])c1Cl. The number of rotatable bonds is 11. The van der Waals surface area contributed by atoms with Gasteiger partial charge in [-0.3, -0.25) is 14.9 Å². The quantitative estimate of drug-likeness (QED) is 0.270. The Morgan fingerprint density at radius 3 is 2.78 bits per heavy atom. The number of benzene rings is 1. The molecule has 0 bridgehead atoms. The van der Waals surface area contributed by atoms with E-state index in [-0.39, 0.29) is 29.7 Å². The highest BCUT2D eigenvalue weighted by atomic mass is 35.5. The third-order valence-electron chi connectivity index (χ3n) is 6.81. The van der Waals surface area contributed by atoms with E-state index in [1.807, 2.05) is 0 Å². The molecule has 0 radical (unpaired) electrons. The van der Waals surface area contributed by atoms with Crippen LogP contribution in [0.3, 0.4) is 0 Å². The number of aliphatic carboxylic acids is 1. The zero-order valence-electron chi connectivity index (χ0n) is 20.0. The first-order chi connectivity index (χ1) is 17.7. The molecule has 1 aliphatic heterocycles. The number of aromatic nitrogens is 1. The summed E-state index contributed by atoms with van der Waals surface area (Å²) in [5, 5.41) is 25.8. The highest BCUT2D eigenvalue weighted by Gasteiger charge is 2.31. The van der Waals surface area contributed by atoms with Crippen LogP contribution in [0.25, 0.3) is 0 Å². The number of nitrogens with one attached hydrogen (secondary N) is 2. The third kappa shape index (κ3) is 6.68. The molecule has 3 N–H and O–H groups in total. The first kappa shape index (κ1) is 27.1. The van der Waals surface area contributed by atoms with E-state index in [4.69, 9.17) is 32.9 Å². The maximum atomic E-state index is 12.6. The van der Waals surface area contributed by atoms with Crippen molar-refractivity contribution < 1.29 is 24.4 Å². The van der Waals surface area contributed by atoms with Crippen molar-refractivity contribution >= 4 is 46.6 Å². The maximum absolute atomic E-state index is 12.6. The Kier molecular flexibility index (Phi) is 8.83. The molecule has 1 unspecified atom stereocenters. The molecular weight excluding hydrogens is 523 g/mol. The van der Waals surface area contributed by atoms with Crippen molar-refractivity contribution in [2.45, 2.75) is 57.1 Å². The van der Waals surface area contributed by atoms with Crippen LogP contribution in [0.4, 0.5) is 11.5 Å². The van der Waals surface area contributed by atoms with Gasteiger partial charge in [-0.1, -0.05) is 29.3 Å². The lowest BCUT2D eigenvalue weighted by Crippen LogP contribution is -2.42. The largest absolute Gasteiger partial charge is 0.480 e. The van der Waals surface area contributed by atoms with E-state index in [0.29, 0.717) is 5.92 Å². The number of hydrogen-bond acceptors (Lipinski definition) is 7. The van der Waals surface area contributed by atoms with E-state index >= 15 is 0 Å². The third-order valence-corrected chi connectivity index (χ3v) is 7.51. The normalized spacial score (nSPS) is 19.2. The number of ether oxygens (including phenoxy) is 1. The fraction of sp³-hybridized carbons (Fsp3) is 0.480. The molecule has 1 amide bonds. The summed E-state index contributed by atoms with van der Waals surface area (Å²) in [5.74, 6) is -0.619. The summed E-state index contributed by atoms with van der Waals surface area (Å²) in [6.07, 6.45) is 6.00. The lowest BCUT2D eigenvalue weighted by Gasteiger charge is -2.35. The first-order valence-electron chi connectivity index (χ1n) is 12.2. The van der Waals surface area contributed by atoms with Crippen molar-refractivity contribution in [3.63, 3.8) is 0 Å². The number of carboxylic acid groups (broad SMARTS) is 1. The van der Waals surface area contributed by atoms with E-state index in [2.05, 4.69) is 22.8 Å². The first-order valence-corrected chi connectivity index (χ1v) is 13.0. The number of pyridine rings is 1. The number of aryl methyl sites for hydroxylation is 2. The second-order valence-corrected chi connectivity index (χ2v) is 10.2. The maximum Gasteiger partial charge on any atom is 0.326 e. The van der Waals surface area contributed by atoms with Crippen LogP contribution in [0, 0.1) is 16.0 Å². The average Bonchev–Trinajstić information content (AvgIpc) is 2.83. The van der Waals surface area contributed by atoms with Crippen LogP contribution >= 0.6 is 23.2 Å². The second-order valence-electron chi connectivity index (χ2n) is 9.38. The van der Waals surface area contributed by atoms with Crippen molar-refractivity contribution in [3.05, 3.63) is 61.2 Å². The van der Waals surface area contributed by atoms with Crippen LogP contribution in [-0.4, -0.2) is 52.2 Å². The van der Waals surface area contributed by atoms with Crippen molar-refractivity contribution in [2.24, 2.45) is 5.92 Å². The van der Waals surface area contributed by atoms with Gasteiger partial charge in [0.2, 0.25) is 0 Å². The lowest BCUT2D eigenvalue weighted by molar-refractivity contribution is -0.384. The number of halogens is 2. The van der Waals surface area contributed by atoms with Crippen molar-refractivity contribution in [1.82, 2.24) is 10.3 Å². The molecule has 198 valence electrons. The van der Waals surface area contributed by atoms with Gasteiger partial charge < -0.3 is 20.5 Å². The predicted octanol–water partition coefficient (Wildman–Crippen LogP) is 4.66. The Hall–Kier alpha value is -2.95. The molecule has 1 saturated carbocycles. The van der Waals surface area contributed by atoms with E-state index in [0.717, 1.165) is 62.6 Å². The molecule has 10 nitrogen and oxygen atoms in total. The van der Waals surface area contributed by atoms with Crippen LogP contribution in [0.15, 0.2) is 24.3 Å². The molecule has 1 aromatic carbocycles. The molecular formula is C25H28Cl2N4O6. The van der Waals surface area contributed by atoms with Crippen LogP contribution < -0.4 is 10.6 Å². The molecule has 1 fully saturated rings. The summed E-state index contributed by atoms with van der Waals surface area (Å²) in [6, 6.07) is 5.25. The Labute approximate surface area is 223 Å². The number of nitro groups is 1. The lowest BCUT2D eigenvalue weighted by atomic mass is 9.79. The summed E-state index contributed by atoms with van der Waals surface area (Å²) in [5.41, 5.74) is 1.53. The van der Waals surface area contributed by atoms with Gasteiger partial charge in [0.25, 0.3) is 11.6 Å². The molecule has 1 aliphatic carbocycles. The fourth-order valence-corrected chi connectivity index (χ4v) is 5.25. The molecule has 37 heavy (non-hydrogen) atoms. The second kappa shape index (κ2) is 12.1. The van der Waals surface area contributed by atoms with Gasteiger partial charge in [0, 0.05) is 31.3 Å². The van der Waals surface area contributed by atoms with Crippen molar-refractivity contribution in [3.8, 4) is 0 Å². The van der Waals surface area contributed by atoms with Crippen LogP contribution in [0.2, 0.25) is 10.0 Å². The van der Waals surface area contributed by atoms with Crippen LogP contribution in [0.1, 0.15) is 53.7 Å².